The number of aliphatic hydroxyl groups is 1. The molecule has 0 heterocycles. The predicted octanol–water partition coefficient (Wildman–Crippen LogP) is 5.64. The van der Waals surface area contributed by atoms with Crippen LogP contribution in [0.2, 0.25) is 0 Å². The van der Waals surface area contributed by atoms with Crippen LogP contribution < -0.4 is 5.32 Å². The van der Waals surface area contributed by atoms with Crippen molar-refractivity contribution in [2.75, 3.05) is 6.54 Å². The van der Waals surface area contributed by atoms with E-state index in [9.17, 15) is 9.90 Å². The van der Waals surface area contributed by atoms with Crippen LogP contribution in [0.15, 0.2) is 30.3 Å². The Morgan fingerprint density at radius 2 is 1.64 bits per heavy atom. The molecule has 0 bridgehead atoms. The largest absolute Gasteiger partial charge is 0.391 e. The Hall–Kier alpha value is -1.55. The fourth-order valence-corrected chi connectivity index (χ4v) is 4.02. The third-order valence-corrected chi connectivity index (χ3v) is 5.82. The summed E-state index contributed by atoms with van der Waals surface area (Å²) >= 11 is 0. The van der Waals surface area contributed by atoms with Crippen molar-refractivity contribution in [3.8, 4) is 0 Å². The molecule has 2 N–H and O–H groups in total. The Morgan fingerprint density at radius 3 is 2.32 bits per heavy atom. The fourth-order valence-electron chi connectivity index (χ4n) is 4.02. The minimum absolute atomic E-state index is 0.0299. The van der Waals surface area contributed by atoms with Gasteiger partial charge in [0.1, 0.15) is 0 Å². The van der Waals surface area contributed by atoms with Crippen LogP contribution in [0.5, 0.6) is 0 Å². The van der Waals surface area contributed by atoms with Gasteiger partial charge in [-0.25, -0.2) is 4.79 Å². The van der Waals surface area contributed by atoms with Crippen molar-refractivity contribution in [3.05, 3.63) is 35.9 Å². The second-order valence-corrected chi connectivity index (χ2v) is 8.29. The van der Waals surface area contributed by atoms with Gasteiger partial charge >= 0.3 is 6.03 Å². The quantitative estimate of drug-likeness (QED) is 0.455. The topological polar surface area (TPSA) is 52.6 Å². The summed E-state index contributed by atoms with van der Waals surface area (Å²) in [5.74, 6) is 0. The standard InChI is InChI=1S/C24H40N2O2/c1-2-3-4-5-6-7-8-14-19-26(20-21-15-10-9-11-16-21)24(28)25-22-17-12-13-18-23(22)27/h9-11,15-16,22-23,27H,2-8,12-14,17-20H2,1H3,(H,25,28)/t22-,23-/m0/s1. The number of rotatable bonds is 12. The molecule has 0 aromatic heterocycles. The van der Waals surface area contributed by atoms with Gasteiger partial charge in [-0.3, -0.25) is 0 Å². The average molecular weight is 389 g/mol. The van der Waals surface area contributed by atoms with Gasteiger partial charge in [-0.2, -0.15) is 0 Å². The summed E-state index contributed by atoms with van der Waals surface area (Å²) < 4.78 is 0. The first-order chi connectivity index (χ1) is 13.7. The summed E-state index contributed by atoms with van der Waals surface area (Å²) in [5.41, 5.74) is 1.15. The molecule has 0 unspecified atom stereocenters. The number of carbonyl (C=O) groups is 1. The van der Waals surface area contributed by atoms with Gasteiger partial charge < -0.3 is 15.3 Å². The normalized spacial score (nSPS) is 19.4. The zero-order chi connectivity index (χ0) is 20.0. The average Bonchev–Trinajstić information content (AvgIpc) is 2.71. The third-order valence-electron chi connectivity index (χ3n) is 5.82. The highest BCUT2D eigenvalue weighted by molar-refractivity contribution is 5.74. The number of unbranched alkanes of at least 4 members (excludes halogenated alkanes) is 7. The summed E-state index contributed by atoms with van der Waals surface area (Å²) in [7, 11) is 0. The number of amides is 2. The van der Waals surface area contributed by atoms with E-state index >= 15 is 0 Å². The zero-order valence-corrected chi connectivity index (χ0v) is 17.7. The van der Waals surface area contributed by atoms with Gasteiger partial charge in [0.25, 0.3) is 0 Å². The number of aliphatic hydroxyl groups excluding tert-OH is 1. The monoisotopic (exact) mass is 388 g/mol. The van der Waals surface area contributed by atoms with Crippen LogP contribution in [-0.4, -0.2) is 34.7 Å². The van der Waals surface area contributed by atoms with Crippen molar-refractivity contribution in [1.29, 1.82) is 0 Å². The zero-order valence-electron chi connectivity index (χ0n) is 17.7. The molecule has 1 aromatic carbocycles. The molecule has 158 valence electrons. The Morgan fingerprint density at radius 1 is 1.00 bits per heavy atom. The van der Waals surface area contributed by atoms with Gasteiger partial charge in [-0.15, -0.1) is 0 Å². The van der Waals surface area contributed by atoms with E-state index in [1.54, 1.807) is 0 Å². The van der Waals surface area contributed by atoms with Gasteiger partial charge in [0.05, 0.1) is 12.1 Å². The first-order valence-electron chi connectivity index (χ1n) is 11.5. The van der Waals surface area contributed by atoms with Crippen molar-refractivity contribution < 1.29 is 9.90 Å². The SMILES string of the molecule is CCCCCCCCCCN(Cc1ccccc1)C(=O)N[C@H]1CCCC[C@@H]1O. The maximum absolute atomic E-state index is 12.9. The lowest BCUT2D eigenvalue weighted by atomic mass is 9.93. The summed E-state index contributed by atoms with van der Waals surface area (Å²) in [4.78, 5) is 14.8. The molecule has 0 spiro atoms. The van der Waals surface area contributed by atoms with E-state index in [2.05, 4.69) is 24.4 Å². The first-order valence-corrected chi connectivity index (χ1v) is 11.5. The molecule has 2 rings (SSSR count). The van der Waals surface area contributed by atoms with Crippen molar-refractivity contribution in [2.45, 2.75) is 103 Å². The molecule has 0 saturated heterocycles. The van der Waals surface area contributed by atoms with E-state index in [0.29, 0.717) is 6.54 Å². The number of carbonyl (C=O) groups excluding carboxylic acids is 1. The van der Waals surface area contributed by atoms with Gasteiger partial charge in [-0.05, 0) is 24.8 Å². The van der Waals surface area contributed by atoms with E-state index < -0.39 is 6.10 Å². The van der Waals surface area contributed by atoms with Gasteiger partial charge in [0.15, 0.2) is 0 Å². The van der Waals surface area contributed by atoms with E-state index in [1.165, 1.54) is 44.9 Å². The molecule has 1 fully saturated rings. The highest BCUT2D eigenvalue weighted by atomic mass is 16.3. The molecule has 4 nitrogen and oxygen atoms in total. The van der Waals surface area contributed by atoms with E-state index in [1.807, 2.05) is 23.1 Å². The number of hydrogen-bond acceptors (Lipinski definition) is 2. The number of nitrogens with one attached hydrogen (secondary N) is 1. The highest BCUT2D eigenvalue weighted by Crippen LogP contribution is 2.19. The van der Waals surface area contributed by atoms with E-state index in [0.717, 1.165) is 44.2 Å². The summed E-state index contributed by atoms with van der Waals surface area (Å²) in [6.07, 6.45) is 13.5. The lowest BCUT2D eigenvalue weighted by molar-refractivity contribution is 0.0893. The lowest BCUT2D eigenvalue weighted by Gasteiger charge is -2.31. The van der Waals surface area contributed by atoms with E-state index in [4.69, 9.17) is 0 Å². The van der Waals surface area contributed by atoms with E-state index in [-0.39, 0.29) is 12.1 Å². The van der Waals surface area contributed by atoms with Crippen molar-refractivity contribution >= 4 is 6.03 Å². The van der Waals surface area contributed by atoms with Crippen LogP contribution in [0.1, 0.15) is 89.5 Å². The minimum Gasteiger partial charge on any atom is -0.391 e. The van der Waals surface area contributed by atoms with Crippen LogP contribution in [0.4, 0.5) is 4.79 Å². The summed E-state index contributed by atoms with van der Waals surface area (Å²) in [5, 5.41) is 13.3. The van der Waals surface area contributed by atoms with Crippen LogP contribution in [0.25, 0.3) is 0 Å². The highest BCUT2D eigenvalue weighted by Gasteiger charge is 2.26. The van der Waals surface area contributed by atoms with Crippen molar-refractivity contribution in [3.63, 3.8) is 0 Å². The smallest absolute Gasteiger partial charge is 0.318 e. The van der Waals surface area contributed by atoms with Crippen molar-refractivity contribution in [1.82, 2.24) is 10.2 Å². The van der Waals surface area contributed by atoms with Gasteiger partial charge in [0.2, 0.25) is 0 Å². The Labute approximate surface area is 171 Å². The second-order valence-electron chi connectivity index (χ2n) is 8.29. The molecule has 1 aliphatic carbocycles. The first kappa shape index (κ1) is 22.7. The van der Waals surface area contributed by atoms with Gasteiger partial charge in [0, 0.05) is 13.1 Å². The lowest BCUT2D eigenvalue weighted by Crippen LogP contribution is -2.50. The van der Waals surface area contributed by atoms with Crippen LogP contribution in [0, 0.1) is 0 Å². The molecule has 4 heteroatoms. The number of nitrogens with zero attached hydrogens (tertiary/aromatic N) is 1. The molecule has 0 radical (unpaired) electrons. The predicted molar refractivity (Wildman–Crippen MR) is 116 cm³/mol. The Balaban J connectivity index is 1.79. The third kappa shape index (κ3) is 8.64. The fraction of sp³-hybridized carbons (Fsp3) is 0.708. The molecule has 2 amide bonds. The second kappa shape index (κ2) is 13.6. The molecular weight excluding hydrogens is 348 g/mol. The molecule has 1 saturated carbocycles. The molecule has 1 aromatic rings. The number of benzene rings is 1. The number of hydrogen-bond donors (Lipinski definition) is 2. The summed E-state index contributed by atoms with van der Waals surface area (Å²) in [6.45, 7) is 3.66. The summed E-state index contributed by atoms with van der Waals surface area (Å²) in [6, 6.07) is 10.1. The van der Waals surface area contributed by atoms with Crippen LogP contribution >= 0.6 is 0 Å². The maximum Gasteiger partial charge on any atom is 0.318 e. The van der Waals surface area contributed by atoms with Gasteiger partial charge in [-0.1, -0.05) is 95.0 Å². The minimum atomic E-state index is -0.403. The van der Waals surface area contributed by atoms with Crippen LogP contribution in [-0.2, 0) is 6.54 Å². The molecule has 28 heavy (non-hydrogen) atoms. The van der Waals surface area contributed by atoms with Crippen LogP contribution in [0.3, 0.4) is 0 Å². The molecular formula is C24H40N2O2. The number of urea groups is 1. The van der Waals surface area contributed by atoms with Crippen molar-refractivity contribution in [2.24, 2.45) is 0 Å². The Kier molecular flexibility index (Phi) is 11.0. The molecule has 1 aliphatic rings. The molecule has 2 atom stereocenters. The maximum atomic E-state index is 12.9. The Bertz CT molecular complexity index is 535. The molecule has 0 aliphatic heterocycles.